The third-order valence-electron chi connectivity index (χ3n) is 9.54. The number of benzene rings is 7. The second kappa shape index (κ2) is 10.3. The molecule has 0 saturated carbocycles. The van der Waals surface area contributed by atoms with Crippen molar-refractivity contribution in [3.05, 3.63) is 170 Å². The molecule has 0 spiro atoms. The number of hydrogen-bond donors (Lipinski definition) is 0. The van der Waals surface area contributed by atoms with Crippen LogP contribution in [0.4, 0.5) is 0 Å². The van der Waals surface area contributed by atoms with E-state index in [1.165, 1.54) is 86.6 Å². The molecule has 0 N–H and O–H groups in total. The van der Waals surface area contributed by atoms with Crippen LogP contribution in [0.25, 0.3) is 86.6 Å². The molecule has 0 aliphatic rings. The summed E-state index contributed by atoms with van der Waals surface area (Å²) in [5.41, 5.74) is 12.3. The van der Waals surface area contributed by atoms with E-state index >= 15 is 0 Å². The van der Waals surface area contributed by atoms with Gasteiger partial charge >= 0.3 is 0 Å². The zero-order chi connectivity index (χ0) is 30.9. The minimum Gasteiger partial charge on any atom is -0.309 e. The average molecular weight is 617 g/mol. The van der Waals surface area contributed by atoms with Crippen molar-refractivity contribution in [1.29, 1.82) is 0 Å². The summed E-state index contributed by atoms with van der Waals surface area (Å²) in [6.45, 7) is 0. The van der Waals surface area contributed by atoms with Crippen LogP contribution < -0.4 is 0 Å². The van der Waals surface area contributed by atoms with Crippen molar-refractivity contribution in [2.75, 3.05) is 0 Å². The minimum absolute atomic E-state index is 1.17. The quantitative estimate of drug-likeness (QED) is 0.186. The van der Waals surface area contributed by atoms with E-state index in [0.717, 1.165) is 0 Å². The fourth-order valence-corrected chi connectivity index (χ4v) is 8.95. The van der Waals surface area contributed by atoms with Crippen molar-refractivity contribution in [2.45, 2.75) is 0 Å². The number of para-hydroxylation sites is 4. The SMILES string of the molecule is c1ccc(-n2c3ccccc3c3c(-c4ccccc4-c4cccc5c4sc4c6ccccc6n(-c6ccccc6)c54)cccc32)cc1. The Morgan fingerprint density at radius 1 is 0.319 bits per heavy atom. The van der Waals surface area contributed by atoms with Crippen LogP contribution in [0.5, 0.6) is 0 Å². The van der Waals surface area contributed by atoms with Crippen LogP contribution in [0.15, 0.2) is 170 Å². The van der Waals surface area contributed by atoms with Crippen molar-refractivity contribution in [2.24, 2.45) is 0 Å². The predicted molar refractivity (Wildman–Crippen MR) is 201 cm³/mol. The monoisotopic (exact) mass is 616 g/mol. The Morgan fingerprint density at radius 2 is 0.809 bits per heavy atom. The number of nitrogens with zero attached hydrogens (tertiary/aromatic N) is 2. The van der Waals surface area contributed by atoms with Crippen LogP contribution in [0.3, 0.4) is 0 Å². The number of thiophene rings is 1. The maximum absolute atomic E-state index is 2.44. The van der Waals surface area contributed by atoms with Crippen LogP contribution in [0.1, 0.15) is 0 Å². The Kier molecular flexibility index (Phi) is 5.78. The summed E-state index contributed by atoms with van der Waals surface area (Å²) in [5.74, 6) is 0. The van der Waals surface area contributed by atoms with Gasteiger partial charge in [-0.3, -0.25) is 0 Å². The highest BCUT2D eigenvalue weighted by Crippen LogP contribution is 2.48. The highest BCUT2D eigenvalue weighted by atomic mass is 32.1. The van der Waals surface area contributed by atoms with Crippen molar-refractivity contribution >= 4 is 64.3 Å². The first-order chi connectivity index (χ1) is 23.4. The molecule has 0 fully saturated rings. The second-order valence-electron chi connectivity index (χ2n) is 12.1. The van der Waals surface area contributed by atoms with E-state index in [9.17, 15) is 0 Å². The molecule has 0 aliphatic heterocycles. The molecule has 0 saturated heterocycles. The van der Waals surface area contributed by atoms with E-state index in [2.05, 4.69) is 179 Å². The predicted octanol–water partition coefficient (Wildman–Crippen LogP) is 12.4. The smallest absolute Gasteiger partial charge is 0.0727 e. The number of rotatable bonds is 4. The molecule has 3 heteroatoms. The third kappa shape index (κ3) is 3.84. The first kappa shape index (κ1) is 26.3. The van der Waals surface area contributed by atoms with Gasteiger partial charge in [-0.2, -0.15) is 0 Å². The molecule has 7 aromatic carbocycles. The standard InChI is InChI=1S/C44H28N2S/c1-3-15-29(16-4-1)45-38-26-11-9-21-35(38)41-33(23-14-28-40(41)45)31-19-7-8-20-32(31)34-24-13-25-37-42-44(47-43(34)37)36-22-10-12-27-39(36)46(42)30-17-5-2-6-18-30/h1-28H. The van der Waals surface area contributed by atoms with E-state index in [-0.39, 0.29) is 0 Å². The third-order valence-corrected chi connectivity index (χ3v) is 10.8. The molecule has 10 aromatic rings. The average Bonchev–Trinajstić information content (AvgIpc) is 3.79. The molecule has 0 atom stereocenters. The highest BCUT2D eigenvalue weighted by molar-refractivity contribution is 7.27. The summed E-state index contributed by atoms with van der Waals surface area (Å²) in [6.07, 6.45) is 0. The van der Waals surface area contributed by atoms with Gasteiger partial charge in [0.1, 0.15) is 0 Å². The van der Waals surface area contributed by atoms with Crippen molar-refractivity contribution in [3.63, 3.8) is 0 Å². The fraction of sp³-hybridized carbons (Fsp3) is 0. The molecule has 0 radical (unpaired) electrons. The van der Waals surface area contributed by atoms with Crippen molar-refractivity contribution < 1.29 is 0 Å². The Labute approximate surface area is 276 Å². The molecule has 47 heavy (non-hydrogen) atoms. The Balaban J connectivity index is 1.27. The van der Waals surface area contributed by atoms with Crippen LogP contribution in [-0.4, -0.2) is 9.13 Å². The second-order valence-corrected chi connectivity index (χ2v) is 13.1. The molecule has 0 unspecified atom stereocenters. The van der Waals surface area contributed by atoms with E-state index in [4.69, 9.17) is 0 Å². The number of fused-ring (bicyclic) bond motifs is 8. The number of aromatic nitrogens is 2. The maximum Gasteiger partial charge on any atom is 0.0727 e. The lowest BCUT2D eigenvalue weighted by atomic mass is 9.91. The van der Waals surface area contributed by atoms with Gasteiger partial charge < -0.3 is 9.13 Å². The van der Waals surface area contributed by atoms with Crippen LogP contribution >= 0.6 is 11.3 Å². The van der Waals surface area contributed by atoms with Gasteiger partial charge in [-0.15, -0.1) is 11.3 Å². The van der Waals surface area contributed by atoms with E-state index in [0.29, 0.717) is 0 Å². The lowest BCUT2D eigenvalue weighted by Gasteiger charge is -2.14. The highest BCUT2D eigenvalue weighted by Gasteiger charge is 2.22. The summed E-state index contributed by atoms with van der Waals surface area (Å²) >= 11 is 1.91. The number of hydrogen-bond acceptors (Lipinski definition) is 1. The van der Waals surface area contributed by atoms with Gasteiger partial charge in [0.15, 0.2) is 0 Å². The molecule has 3 aromatic heterocycles. The van der Waals surface area contributed by atoms with E-state index in [1.807, 2.05) is 11.3 Å². The molecule has 2 nitrogen and oxygen atoms in total. The Bertz CT molecular complexity index is 2780. The molecule has 0 aliphatic carbocycles. The van der Waals surface area contributed by atoms with Crippen LogP contribution in [0.2, 0.25) is 0 Å². The first-order valence-corrected chi connectivity index (χ1v) is 16.9. The first-order valence-electron chi connectivity index (χ1n) is 16.0. The van der Waals surface area contributed by atoms with Crippen molar-refractivity contribution in [3.8, 4) is 33.6 Å². The van der Waals surface area contributed by atoms with Gasteiger partial charge in [0.2, 0.25) is 0 Å². The zero-order valence-electron chi connectivity index (χ0n) is 25.5. The summed E-state index contributed by atoms with van der Waals surface area (Å²) in [4.78, 5) is 0. The van der Waals surface area contributed by atoms with E-state index < -0.39 is 0 Å². The van der Waals surface area contributed by atoms with Gasteiger partial charge in [0.05, 0.1) is 26.8 Å². The molecule has 10 rings (SSSR count). The van der Waals surface area contributed by atoms with Crippen LogP contribution in [0, 0.1) is 0 Å². The molecular weight excluding hydrogens is 589 g/mol. The maximum atomic E-state index is 2.44. The van der Waals surface area contributed by atoms with Gasteiger partial charge in [0.25, 0.3) is 0 Å². The van der Waals surface area contributed by atoms with Crippen LogP contribution in [-0.2, 0) is 0 Å². The van der Waals surface area contributed by atoms with Gasteiger partial charge in [-0.1, -0.05) is 127 Å². The summed E-state index contributed by atoms with van der Waals surface area (Å²) < 4.78 is 7.49. The summed E-state index contributed by atoms with van der Waals surface area (Å²) in [7, 11) is 0. The minimum atomic E-state index is 1.17. The van der Waals surface area contributed by atoms with Gasteiger partial charge in [-0.25, -0.2) is 0 Å². The largest absolute Gasteiger partial charge is 0.309 e. The topological polar surface area (TPSA) is 9.86 Å². The zero-order valence-corrected chi connectivity index (χ0v) is 26.3. The molecule has 0 amide bonds. The summed E-state index contributed by atoms with van der Waals surface area (Å²) in [6, 6.07) is 61.6. The Morgan fingerprint density at radius 3 is 1.55 bits per heavy atom. The van der Waals surface area contributed by atoms with Crippen molar-refractivity contribution in [1.82, 2.24) is 9.13 Å². The fourth-order valence-electron chi connectivity index (χ4n) is 7.60. The molecule has 3 heterocycles. The molecule has 220 valence electrons. The molecule has 0 bridgehead atoms. The van der Waals surface area contributed by atoms with Gasteiger partial charge in [0, 0.05) is 43.2 Å². The lowest BCUT2D eigenvalue weighted by molar-refractivity contribution is 1.18. The van der Waals surface area contributed by atoms with E-state index in [1.54, 1.807) is 0 Å². The summed E-state index contributed by atoms with van der Waals surface area (Å²) in [5, 5.41) is 5.13. The lowest BCUT2D eigenvalue weighted by Crippen LogP contribution is -1.93. The molecular formula is C44H28N2S. The van der Waals surface area contributed by atoms with Gasteiger partial charge in [-0.05, 0) is 59.2 Å². The normalized spacial score (nSPS) is 11.8. The Hall–Kier alpha value is -5.90.